The summed E-state index contributed by atoms with van der Waals surface area (Å²) in [6.07, 6.45) is -2.56. The Morgan fingerprint density at radius 2 is 1.58 bits per heavy atom. The minimum Gasteiger partial charge on any atom is -0.463 e. The Balaban J connectivity index is 1.54. The first-order valence-electron chi connectivity index (χ1n) is 19.2. The molecule has 5 rings (SSSR count). The third kappa shape index (κ3) is 6.81. The van der Waals surface area contributed by atoms with Crippen molar-refractivity contribution in [2.45, 2.75) is 157 Å². The van der Waals surface area contributed by atoms with Gasteiger partial charge in [0.1, 0.15) is 42.9 Å². The van der Waals surface area contributed by atoms with Crippen LogP contribution >= 0.6 is 0 Å². The number of rotatable bonds is 10. The van der Waals surface area contributed by atoms with Gasteiger partial charge in [0.15, 0.2) is 0 Å². The highest BCUT2D eigenvalue weighted by Crippen LogP contribution is 2.72. The van der Waals surface area contributed by atoms with Crippen LogP contribution < -0.4 is 0 Å². The van der Waals surface area contributed by atoms with Gasteiger partial charge in [-0.05, 0) is 79.4 Å². The van der Waals surface area contributed by atoms with Crippen molar-refractivity contribution >= 4 is 23.7 Å². The van der Waals surface area contributed by atoms with E-state index in [1.165, 1.54) is 25.0 Å². The second-order valence-electron chi connectivity index (χ2n) is 18.0. The maximum absolute atomic E-state index is 14.6. The van der Waals surface area contributed by atoms with E-state index in [0.29, 0.717) is 31.5 Å². The number of carbonyl (C=O) groups excluding carboxylic acids is 4. The SMILES string of the molecule is C=C(CCC(C(=O)OC1OC(COC(C)=O)C(O)C(O)C1O)C1C(OC(C)=O)CC2(C)C3=C(CCC12C)C1(C)CCC(=O)C(C)(C)C1CC3)C(C)C. The summed E-state index contributed by atoms with van der Waals surface area (Å²) in [6, 6.07) is 0. The Morgan fingerprint density at radius 3 is 2.19 bits per heavy atom. The van der Waals surface area contributed by atoms with E-state index in [1.54, 1.807) is 0 Å². The second-order valence-corrected chi connectivity index (χ2v) is 18.0. The number of Topliss-reactive ketones (excluding diaryl/α,β-unsaturated/α-hetero) is 1. The van der Waals surface area contributed by atoms with Crippen LogP contribution in [-0.4, -0.2) is 82.4 Å². The molecule has 12 unspecified atom stereocenters. The number of aliphatic hydroxyl groups is 3. The summed E-state index contributed by atoms with van der Waals surface area (Å²) in [5, 5.41) is 32.1. The average molecular weight is 731 g/mol. The predicted octanol–water partition coefficient (Wildman–Crippen LogP) is 5.37. The molecule has 0 spiro atoms. The van der Waals surface area contributed by atoms with Crippen molar-refractivity contribution in [3.63, 3.8) is 0 Å². The molecule has 11 nitrogen and oxygen atoms in total. The van der Waals surface area contributed by atoms with E-state index in [0.717, 1.165) is 37.7 Å². The number of ketones is 1. The first-order chi connectivity index (χ1) is 24.1. The smallest absolute Gasteiger partial charge is 0.311 e. The minimum atomic E-state index is -1.77. The van der Waals surface area contributed by atoms with Gasteiger partial charge in [-0.1, -0.05) is 71.8 Å². The molecule has 2 saturated carbocycles. The largest absolute Gasteiger partial charge is 0.463 e. The van der Waals surface area contributed by atoms with Gasteiger partial charge in [0, 0.05) is 31.6 Å². The van der Waals surface area contributed by atoms with Crippen molar-refractivity contribution in [3.05, 3.63) is 23.3 Å². The maximum Gasteiger partial charge on any atom is 0.311 e. The molecule has 52 heavy (non-hydrogen) atoms. The lowest BCUT2D eigenvalue weighted by Gasteiger charge is -2.60. The Bertz CT molecular complexity index is 1480. The van der Waals surface area contributed by atoms with E-state index in [1.807, 2.05) is 13.8 Å². The average Bonchev–Trinajstić information content (AvgIpc) is 3.28. The molecule has 0 aromatic carbocycles. The molecule has 4 aliphatic carbocycles. The van der Waals surface area contributed by atoms with Gasteiger partial charge in [0.2, 0.25) is 6.29 Å². The van der Waals surface area contributed by atoms with Gasteiger partial charge in [0.25, 0.3) is 0 Å². The highest BCUT2D eigenvalue weighted by molar-refractivity contribution is 5.86. The number of fused-ring (bicyclic) bond motifs is 4. The second kappa shape index (κ2) is 14.6. The molecule has 5 aliphatic rings. The zero-order chi connectivity index (χ0) is 38.7. The quantitative estimate of drug-likeness (QED) is 0.150. The fourth-order valence-electron chi connectivity index (χ4n) is 11.2. The fourth-order valence-corrected chi connectivity index (χ4v) is 11.2. The van der Waals surface area contributed by atoms with Gasteiger partial charge in [-0.3, -0.25) is 19.2 Å². The van der Waals surface area contributed by atoms with Gasteiger partial charge >= 0.3 is 17.9 Å². The molecule has 3 fully saturated rings. The van der Waals surface area contributed by atoms with Crippen LogP contribution in [0.1, 0.15) is 120 Å². The lowest BCUT2D eigenvalue weighted by Crippen LogP contribution is -2.60. The van der Waals surface area contributed by atoms with Crippen LogP contribution in [0.4, 0.5) is 0 Å². The highest BCUT2D eigenvalue weighted by Gasteiger charge is 2.68. The Morgan fingerprint density at radius 1 is 0.904 bits per heavy atom. The summed E-state index contributed by atoms with van der Waals surface area (Å²) >= 11 is 0. The summed E-state index contributed by atoms with van der Waals surface area (Å²) < 4.78 is 22.9. The number of carbonyl (C=O) groups is 4. The fraction of sp³-hybridized carbons (Fsp3) is 0.805. The van der Waals surface area contributed by atoms with Crippen molar-refractivity contribution in [2.75, 3.05) is 6.61 Å². The summed E-state index contributed by atoms with van der Waals surface area (Å²) in [4.78, 5) is 52.0. The summed E-state index contributed by atoms with van der Waals surface area (Å²) in [5.74, 6) is -2.28. The third-order valence-corrected chi connectivity index (χ3v) is 14.5. The molecule has 0 radical (unpaired) electrons. The number of hydrogen-bond donors (Lipinski definition) is 3. The van der Waals surface area contributed by atoms with Gasteiger partial charge in [-0.2, -0.15) is 0 Å². The van der Waals surface area contributed by atoms with Gasteiger partial charge in [0.05, 0.1) is 5.92 Å². The van der Waals surface area contributed by atoms with Crippen molar-refractivity contribution in [3.8, 4) is 0 Å². The topological polar surface area (TPSA) is 166 Å². The van der Waals surface area contributed by atoms with E-state index in [-0.39, 0.29) is 17.3 Å². The molecular formula is C41H62O11. The summed E-state index contributed by atoms with van der Waals surface area (Å²) in [7, 11) is 0. The summed E-state index contributed by atoms with van der Waals surface area (Å²) in [6.45, 7) is 21.5. The third-order valence-electron chi connectivity index (χ3n) is 14.5. The number of hydrogen-bond acceptors (Lipinski definition) is 11. The minimum absolute atomic E-state index is 0.125. The van der Waals surface area contributed by atoms with Crippen molar-refractivity contribution in [2.24, 2.45) is 45.3 Å². The number of allylic oxidation sites excluding steroid dienone is 3. The van der Waals surface area contributed by atoms with Crippen LogP contribution in [-0.2, 0) is 38.1 Å². The molecule has 12 atom stereocenters. The lowest BCUT2D eigenvalue weighted by atomic mass is 9.43. The Kier molecular flexibility index (Phi) is 11.4. The molecule has 0 aromatic heterocycles. The Hall–Kier alpha value is -2.60. The van der Waals surface area contributed by atoms with E-state index >= 15 is 0 Å². The van der Waals surface area contributed by atoms with Crippen LogP contribution in [0, 0.1) is 45.3 Å². The van der Waals surface area contributed by atoms with Crippen LogP contribution in [0.25, 0.3) is 0 Å². The molecule has 0 bridgehead atoms. The molecule has 0 amide bonds. The molecular weight excluding hydrogens is 668 g/mol. The Labute approximate surface area is 308 Å². The molecule has 3 N–H and O–H groups in total. The number of esters is 3. The van der Waals surface area contributed by atoms with Crippen LogP contribution in [0.5, 0.6) is 0 Å². The van der Waals surface area contributed by atoms with E-state index in [2.05, 4.69) is 41.2 Å². The first kappa shape index (κ1) is 40.6. The normalized spacial score (nSPS) is 40.3. The predicted molar refractivity (Wildman–Crippen MR) is 191 cm³/mol. The first-order valence-corrected chi connectivity index (χ1v) is 19.2. The van der Waals surface area contributed by atoms with Crippen LogP contribution in [0.2, 0.25) is 0 Å². The van der Waals surface area contributed by atoms with E-state index in [4.69, 9.17) is 18.9 Å². The van der Waals surface area contributed by atoms with Crippen LogP contribution in [0.3, 0.4) is 0 Å². The van der Waals surface area contributed by atoms with Crippen molar-refractivity contribution in [1.29, 1.82) is 0 Å². The lowest BCUT2D eigenvalue weighted by molar-refractivity contribution is -0.295. The molecule has 1 saturated heterocycles. The standard InChI is InChI=1S/C41H62O11/c1-21(2)22(3)11-12-25(36(48)52-37-35(47)34(46)33(45)29(51-37)20-49-23(4)42)32-28(50-24(5)43)19-41(10)27-13-14-30-38(6,7)31(44)16-17-39(30,8)26(27)15-18-40(32,41)9/h21,25,28-30,32-35,37,45-47H,3,11-20H2,1-2,4-10H3. The highest BCUT2D eigenvalue weighted by atomic mass is 16.7. The monoisotopic (exact) mass is 730 g/mol. The molecule has 1 aliphatic heterocycles. The maximum atomic E-state index is 14.6. The van der Waals surface area contributed by atoms with Crippen molar-refractivity contribution in [1.82, 2.24) is 0 Å². The zero-order valence-electron chi connectivity index (χ0n) is 32.7. The number of ether oxygens (including phenoxy) is 4. The molecule has 292 valence electrons. The van der Waals surface area contributed by atoms with Crippen LogP contribution in [0.15, 0.2) is 23.3 Å². The summed E-state index contributed by atoms with van der Waals surface area (Å²) in [5.41, 5.74) is 2.30. The van der Waals surface area contributed by atoms with Gasteiger partial charge in [-0.15, -0.1) is 0 Å². The molecule has 0 aromatic rings. The zero-order valence-corrected chi connectivity index (χ0v) is 32.7. The molecule has 11 heteroatoms. The molecule has 1 heterocycles. The van der Waals surface area contributed by atoms with E-state index in [9.17, 15) is 34.5 Å². The van der Waals surface area contributed by atoms with Crippen molar-refractivity contribution < 1.29 is 53.4 Å². The van der Waals surface area contributed by atoms with E-state index < -0.39 is 89.4 Å². The number of aliphatic hydroxyl groups excluding tert-OH is 3. The van der Waals surface area contributed by atoms with Gasteiger partial charge in [-0.25, -0.2) is 0 Å². The van der Waals surface area contributed by atoms with Gasteiger partial charge < -0.3 is 34.3 Å².